The number of ether oxygens (including phenoxy) is 3. The van der Waals surface area contributed by atoms with Crippen molar-refractivity contribution >= 4 is 25.2 Å². The van der Waals surface area contributed by atoms with E-state index in [4.69, 9.17) is 14.2 Å². The van der Waals surface area contributed by atoms with Gasteiger partial charge in [-0.3, -0.25) is 0 Å². The number of benzene rings is 2. The Labute approximate surface area is 144 Å². The van der Waals surface area contributed by atoms with Crippen LogP contribution in [-0.2, 0) is 0 Å². The quantitative estimate of drug-likeness (QED) is 0.630. The highest BCUT2D eigenvalue weighted by Crippen LogP contribution is 2.28. The van der Waals surface area contributed by atoms with Gasteiger partial charge in [-0.1, -0.05) is 19.6 Å². The molecule has 5 heteroatoms. The summed E-state index contributed by atoms with van der Waals surface area (Å²) in [6.07, 6.45) is 2.13. The van der Waals surface area contributed by atoms with Crippen molar-refractivity contribution in [2.24, 2.45) is 0 Å². The third-order valence-electron chi connectivity index (χ3n) is 4.18. The molecule has 0 atom stereocenters. The summed E-state index contributed by atoms with van der Waals surface area (Å²) in [5.74, 6) is 2.72. The van der Waals surface area contributed by atoms with Crippen LogP contribution in [0.1, 0.15) is 5.56 Å². The Bertz CT molecular complexity index is 776. The summed E-state index contributed by atoms with van der Waals surface area (Å²) in [5.41, 5.74) is 2.13. The van der Waals surface area contributed by atoms with Crippen molar-refractivity contribution in [2.45, 2.75) is 19.6 Å². The molecular formula is C19H24NO3Si+. The van der Waals surface area contributed by atoms with E-state index in [0.29, 0.717) is 6.73 Å². The van der Waals surface area contributed by atoms with Crippen molar-refractivity contribution in [3.63, 3.8) is 0 Å². The normalized spacial score (nSPS) is 13.6. The lowest BCUT2D eigenvalue weighted by molar-refractivity contribution is -0.476. The van der Waals surface area contributed by atoms with Crippen molar-refractivity contribution in [3.8, 4) is 17.2 Å². The van der Waals surface area contributed by atoms with E-state index in [9.17, 15) is 0 Å². The molecule has 2 aromatic carbocycles. The number of fused-ring (bicyclic) bond motifs is 1. The van der Waals surface area contributed by atoms with Gasteiger partial charge in [0.05, 0.1) is 27.9 Å². The fourth-order valence-corrected chi connectivity index (χ4v) is 4.29. The first-order valence-corrected chi connectivity index (χ1v) is 11.5. The van der Waals surface area contributed by atoms with Gasteiger partial charge in [0.15, 0.2) is 6.21 Å². The van der Waals surface area contributed by atoms with Crippen LogP contribution in [0.3, 0.4) is 0 Å². The van der Waals surface area contributed by atoms with Gasteiger partial charge in [0, 0.05) is 12.1 Å². The summed E-state index contributed by atoms with van der Waals surface area (Å²) in [4.78, 5) is 0. The van der Waals surface area contributed by atoms with Crippen molar-refractivity contribution in [3.05, 3.63) is 42.0 Å². The van der Waals surface area contributed by atoms with Gasteiger partial charge in [-0.05, 0) is 29.5 Å². The molecule has 0 unspecified atom stereocenters. The first kappa shape index (κ1) is 16.6. The monoisotopic (exact) mass is 342 g/mol. The predicted molar refractivity (Wildman–Crippen MR) is 99.5 cm³/mol. The van der Waals surface area contributed by atoms with E-state index in [1.54, 1.807) is 14.2 Å². The minimum Gasteiger partial charge on any atom is -0.497 e. The van der Waals surface area contributed by atoms with Gasteiger partial charge in [-0.15, -0.1) is 0 Å². The number of rotatable bonds is 4. The average Bonchev–Trinajstić information content (AvgIpc) is 2.59. The summed E-state index contributed by atoms with van der Waals surface area (Å²) in [6, 6.07) is 12.1. The molecule has 0 spiro atoms. The zero-order valence-electron chi connectivity index (χ0n) is 14.9. The van der Waals surface area contributed by atoms with Crippen LogP contribution in [-0.4, -0.2) is 39.8 Å². The van der Waals surface area contributed by atoms with Gasteiger partial charge in [0.1, 0.15) is 17.2 Å². The fourth-order valence-electron chi connectivity index (χ4n) is 2.82. The maximum absolute atomic E-state index is 6.15. The zero-order valence-corrected chi connectivity index (χ0v) is 15.9. The second-order valence-corrected chi connectivity index (χ2v) is 12.0. The van der Waals surface area contributed by atoms with Crippen LogP contribution in [0.15, 0.2) is 36.4 Å². The Balaban J connectivity index is 2.06. The van der Waals surface area contributed by atoms with Crippen LogP contribution < -0.4 is 19.4 Å². The summed E-state index contributed by atoms with van der Waals surface area (Å²) < 4.78 is 19.0. The van der Waals surface area contributed by atoms with E-state index in [2.05, 4.69) is 36.5 Å². The first-order chi connectivity index (χ1) is 11.4. The lowest BCUT2D eigenvalue weighted by Gasteiger charge is -2.24. The molecule has 0 amide bonds. The predicted octanol–water partition coefficient (Wildman–Crippen LogP) is 3.36. The molecule has 0 fully saturated rings. The number of methoxy groups -OCH3 is 2. The van der Waals surface area contributed by atoms with Crippen molar-refractivity contribution < 1.29 is 18.8 Å². The van der Waals surface area contributed by atoms with Gasteiger partial charge in [0.25, 0.3) is 6.73 Å². The molecule has 0 saturated heterocycles. The maximum atomic E-state index is 6.15. The highest BCUT2D eigenvalue weighted by molar-refractivity contribution is 6.89. The molecule has 0 aliphatic carbocycles. The Morgan fingerprint density at radius 3 is 2.21 bits per heavy atom. The fraction of sp³-hybridized carbons (Fsp3) is 0.316. The first-order valence-electron chi connectivity index (χ1n) is 8.03. The molecule has 1 aliphatic rings. The van der Waals surface area contributed by atoms with Gasteiger partial charge in [-0.2, -0.15) is 4.58 Å². The van der Waals surface area contributed by atoms with Crippen LogP contribution in [0.4, 0.5) is 5.69 Å². The van der Waals surface area contributed by atoms with E-state index in [1.807, 2.05) is 30.3 Å². The molecule has 0 bridgehead atoms. The van der Waals surface area contributed by atoms with E-state index in [-0.39, 0.29) is 0 Å². The van der Waals surface area contributed by atoms with Gasteiger partial charge >= 0.3 is 0 Å². The van der Waals surface area contributed by atoms with E-state index >= 15 is 0 Å². The zero-order chi connectivity index (χ0) is 17.3. The molecule has 0 saturated carbocycles. The summed E-state index contributed by atoms with van der Waals surface area (Å²) in [7, 11) is 1.85. The van der Waals surface area contributed by atoms with Gasteiger partial charge in [-0.25, -0.2) is 0 Å². The van der Waals surface area contributed by atoms with Crippen LogP contribution >= 0.6 is 0 Å². The Hall–Kier alpha value is -2.27. The largest absolute Gasteiger partial charge is 0.497 e. The molecule has 126 valence electrons. The number of hydrogen-bond acceptors (Lipinski definition) is 3. The Kier molecular flexibility index (Phi) is 4.37. The molecule has 2 aromatic rings. The van der Waals surface area contributed by atoms with Crippen LogP contribution in [0.2, 0.25) is 19.6 Å². The van der Waals surface area contributed by atoms with Gasteiger partial charge < -0.3 is 14.2 Å². The van der Waals surface area contributed by atoms with Gasteiger partial charge in [0.2, 0.25) is 5.69 Å². The average molecular weight is 342 g/mol. The number of hydrogen-bond donors (Lipinski definition) is 0. The van der Waals surface area contributed by atoms with E-state index in [0.717, 1.165) is 28.5 Å². The van der Waals surface area contributed by atoms with Crippen LogP contribution in [0.5, 0.6) is 17.2 Å². The molecule has 24 heavy (non-hydrogen) atoms. The maximum Gasteiger partial charge on any atom is 0.292 e. The smallest absolute Gasteiger partial charge is 0.292 e. The molecule has 0 radical (unpaired) electrons. The molecule has 4 nitrogen and oxygen atoms in total. The topological polar surface area (TPSA) is 30.7 Å². The summed E-state index contributed by atoms with van der Waals surface area (Å²) in [5, 5.41) is 1.29. The number of nitrogens with zero attached hydrogens (tertiary/aromatic N) is 1. The van der Waals surface area contributed by atoms with E-state index < -0.39 is 8.07 Å². The van der Waals surface area contributed by atoms with E-state index in [1.165, 1.54) is 5.19 Å². The van der Waals surface area contributed by atoms with Crippen molar-refractivity contribution in [1.82, 2.24) is 0 Å². The second-order valence-electron chi connectivity index (χ2n) is 6.91. The Morgan fingerprint density at radius 2 is 1.62 bits per heavy atom. The third-order valence-corrected chi connectivity index (χ3v) is 6.17. The molecule has 3 rings (SSSR count). The molecule has 1 aliphatic heterocycles. The molecule has 0 N–H and O–H groups in total. The summed E-state index contributed by atoms with van der Waals surface area (Å²) >= 11 is 0. The minimum absolute atomic E-state index is 0.503. The van der Waals surface area contributed by atoms with Crippen LogP contribution in [0, 0.1) is 0 Å². The standard InChI is InChI=1S/C19H24NO3Si/c1-21-16-8-6-15(7-9-16)20-12-14-10-17(22-2)11-18(24(3,4)5)19(14)23-13-20/h6-12H,13H2,1-5H3/q+1. The summed E-state index contributed by atoms with van der Waals surface area (Å²) in [6.45, 7) is 7.47. The molecular weight excluding hydrogens is 318 g/mol. The highest BCUT2D eigenvalue weighted by Gasteiger charge is 2.29. The van der Waals surface area contributed by atoms with Crippen molar-refractivity contribution in [2.75, 3.05) is 21.0 Å². The molecule has 1 heterocycles. The van der Waals surface area contributed by atoms with Crippen molar-refractivity contribution in [1.29, 1.82) is 0 Å². The highest BCUT2D eigenvalue weighted by atomic mass is 28.3. The minimum atomic E-state index is -1.53. The lowest BCUT2D eigenvalue weighted by atomic mass is 10.2. The third kappa shape index (κ3) is 3.17. The second kappa shape index (κ2) is 6.32. The molecule has 0 aromatic heterocycles. The lowest BCUT2D eigenvalue weighted by Crippen LogP contribution is -2.40. The SMILES string of the molecule is COc1ccc([N+]2=Cc3cc(OC)cc([Si](C)(C)C)c3OC2)cc1. The Morgan fingerprint density at radius 1 is 0.958 bits per heavy atom. The van der Waals surface area contributed by atoms with Crippen LogP contribution in [0.25, 0.3) is 0 Å².